The molecule has 1 aliphatic carbocycles. The lowest BCUT2D eigenvalue weighted by Gasteiger charge is -2.25. The number of hydrogen-bond acceptors (Lipinski definition) is 12. The molecule has 0 saturated heterocycles. The van der Waals surface area contributed by atoms with E-state index in [9.17, 15) is 45.4 Å². The number of fused-ring (bicyclic) bond motifs is 2. The number of Topliss-reactive ketones (excluding diaryl/α,β-unsaturated/α-hetero) is 1. The van der Waals surface area contributed by atoms with Gasteiger partial charge >= 0.3 is 11.9 Å². The number of carbonyl (C=O) groups is 4. The van der Waals surface area contributed by atoms with E-state index in [-0.39, 0.29) is 68.2 Å². The molecule has 0 radical (unpaired) electrons. The highest BCUT2D eigenvalue weighted by Crippen LogP contribution is 2.45. The summed E-state index contributed by atoms with van der Waals surface area (Å²) in [5, 5.41) is 2.83. The molecule has 5 rings (SSSR count). The number of sulfone groups is 1. The normalized spacial score (nSPS) is 12.5. The Balaban J connectivity index is 1.58. The van der Waals surface area contributed by atoms with Gasteiger partial charge in [-0.1, -0.05) is 24.3 Å². The van der Waals surface area contributed by atoms with Crippen molar-refractivity contribution < 1.29 is 50.0 Å². The minimum atomic E-state index is -5.02. The van der Waals surface area contributed by atoms with Crippen LogP contribution in [0.25, 0.3) is 22.0 Å². The zero-order valence-electron chi connectivity index (χ0n) is 26.4. The van der Waals surface area contributed by atoms with Crippen molar-refractivity contribution in [2.24, 2.45) is 5.92 Å². The summed E-state index contributed by atoms with van der Waals surface area (Å²) >= 11 is 0. The summed E-state index contributed by atoms with van der Waals surface area (Å²) in [4.78, 5) is 65.8. The fourth-order valence-corrected chi connectivity index (χ4v) is 7.74. The van der Waals surface area contributed by atoms with Gasteiger partial charge in [0.15, 0.2) is 27.3 Å². The van der Waals surface area contributed by atoms with Crippen molar-refractivity contribution in [2.45, 2.75) is 37.0 Å². The van der Waals surface area contributed by atoms with E-state index in [1.54, 1.807) is 26.0 Å². The third-order valence-electron chi connectivity index (χ3n) is 7.86. The lowest BCUT2D eigenvalue weighted by molar-refractivity contribution is -0.161. The van der Waals surface area contributed by atoms with Crippen LogP contribution in [0.4, 0.5) is 11.4 Å². The molecule has 3 N–H and O–H groups in total. The number of ether oxygens (including phenoxy) is 2. The van der Waals surface area contributed by atoms with E-state index >= 15 is 0 Å². The molecule has 16 heteroatoms. The summed E-state index contributed by atoms with van der Waals surface area (Å²) in [6.45, 7) is 4.20. The van der Waals surface area contributed by atoms with E-state index in [1.807, 2.05) is 0 Å². The molecule has 1 aliphatic rings. The first-order chi connectivity index (χ1) is 23.1. The zero-order valence-corrected chi connectivity index (χ0v) is 28.0. The zero-order chi connectivity index (χ0) is 35.8. The second kappa shape index (κ2) is 13.4. The molecule has 0 aliphatic heterocycles. The van der Waals surface area contributed by atoms with Crippen LogP contribution in [0.3, 0.4) is 0 Å². The fraction of sp³-hybridized carbons (Fsp3) is 0.242. The summed E-state index contributed by atoms with van der Waals surface area (Å²) in [6, 6.07) is 12.3. The molecule has 256 valence electrons. The Kier molecular flexibility index (Phi) is 9.59. The maximum atomic E-state index is 13.9. The minimum absolute atomic E-state index is 0.0180. The van der Waals surface area contributed by atoms with Gasteiger partial charge in [0, 0.05) is 22.2 Å². The van der Waals surface area contributed by atoms with Crippen LogP contribution in [0.15, 0.2) is 69.2 Å². The van der Waals surface area contributed by atoms with Crippen molar-refractivity contribution >= 4 is 65.7 Å². The first-order valence-electron chi connectivity index (χ1n) is 14.9. The van der Waals surface area contributed by atoms with Crippen molar-refractivity contribution in [3.8, 4) is 11.1 Å². The van der Waals surface area contributed by atoms with Gasteiger partial charge in [-0.3, -0.25) is 28.5 Å². The van der Waals surface area contributed by atoms with Crippen LogP contribution in [0.2, 0.25) is 0 Å². The molecule has 0 saturated carbocycles. The predicted molar refractivity (Wildman–Crippen MR) is 176 cm³/mol. The van der Waals surface area contributed by atoms with Gasteiger partial charge in [-0.05, 0) is 63.1 Å². The van der Waals surface area contributed by atoms with Gasteiger partial charge in [0.25, 0.3) is 15.7 Å². The van der Waals surface area contributed by atoms with Gasteiger partial charge in [0.2, 0.25) is 0 Å². The Hall–Kier alpha value is -5.19. The monoisotopic (exact) mass is 710 g/mol. The van der Waals surface area contributed by atoms with E-state index in [2.05, 4.69) is 10.3 Å². The van der Waals surface area contributed by atoms with E-state index in [0.29, 0.717) is 0 Å². The smallest absolute Gasteiger partial charge is 0.320 e. The summed E-state index contributed by atoms with van der Waals surface area (Å²) in [7, 11) is -9.06. The summed E-state index contributed by atoms with van der Waals surface area (Å²) in [5.41, 5.74) is -1.24. The third-order valence-corrected chi connectivity index (χ3v) is 10.5. The number of hydrogen-bond donors (Lipinski definition) is 3. The maximum Gasteiger partial charge on any atom is 0.320 e. The Bertz CT molecular complexity index is 2310. The largest absolute Gasteiger partial charge is 0.465 e. The molecule has 0 unspecified atom stereocenters. The number of aromatic amines is 1. The molecule has 1 heterocycles. The summed E-state index contributed by atoms with van der Waals surface area (Å²) < 4.78 is 71.5. The average Bonchev–Trinajstić information content (AvgIpc) is 3.03. The van der Waals surface area contributed by atoms with Gasteiger partial charge < -0.3 is 19.8 Å². The van der Waals surface area contributed by atoms with Crippen LogP contribution in [-0.2, 0) is 39.0 Å². The van der Waals surface area contributed by atoms with Crippen LogP contribution in [0, 0.1) is 5.92 Å². The van der Waals surface area contributed by atoms with Crippen LogP contribution in [-0.4, -0.2) is 68.8 Å². The minimum Gasteiger partial charge on any atom is -0.465 e. The van der Waals surface area contributed by atoms with Crippen molar-refractivity contribution in [1.29, 1.82) is 0 Å². The van der Waals surface area contributed by atoms with Crippen LogP contribution in [0.5, 0.6) is 0 Å². The first-order valence-corrected chi connectivity index (χ1v) is 18.0. The SMILES string of the molecule is CCOC(=O)C(CCS(=O)(=O)c1ccc(Nc2cc(S(=O)(=O)O)c3[nH]c(=O)c(C(C)=O)c4c3c2C(=O)c2ccccc2-4)cc1)C(=O)OCC. The number of pyridine rings is 1. The third kappa shape index (κ3) is 6.62. The number of carbonyl (C=O) groups excluding carboxylic acids is 4. The second-order valence-corrected chi connectivity index (χ2v) is 14.5. The van der Waals surface area contributed by atoms with E-state index in [1.165, 1.54) is 36.4 Å². The molecule has 0 amide bonds. The number of H-pyrrole nitrogens is 1. The number of benzene rings is 3. The molecule has 1 aromatic heterocycles. The number of rotatable bonds is 12. The lowest BCUT2D eigenvalue weighted by Crippen LogP contribution is -2.30. The quantitative estimate of drug-likeness (QED) is 0.0726. The molecule has 0 fully saturated rings. The molecule has 3 aromatic carbocycles. The molecule has 0 bridgehead atoms. The van der Waals surface area contributed by atoms with Crippen molar-refractivity contribution in [2.75, 3.05) is 24.3 Å². The Labute approximate surface area is 280 Å². The van der Waals surface area contributed by atoms with Crippen LogP contribution in [0.1, 0.15) is 53.5 Å². The molecule has 49 heavy (non-hydrogen) atoms. The molecular formula is C33H30N2O12S2. The standard InChI is InChI=1S/C33H30N2O12S2/c1-4-46-32(39)22(33(40)47-5-2)14-15-48(41,42)19-12-10-18(11-13-19)34-23-16-24(49(43,44)45)29-28-26(25(17(3)36)31(38)35-29)20-8-6-7-9-21(20)30(37)27(23)28/h6-13,16,22,34H,4-5,14-15H2,1-3H3,(H,35,38)(H,43,44,45). The van der Waals surface area contributed by atoms with Crippen molar-refractivity contribution in [1.82, 2.24) is 4.98 Å². The van der Waals surface area contributed by atoms with Gasteiger partial charge in [-0.25, -0.2) is 8.42 Å². The second-order valence-electron chi connectivity index (χ2n) is 11.0. The van der Waals surface area contributed by atoms with E-state index in [4.69, 9.17) is 9.47 Å². The van der Waals surface area contributed by atoms with Gasteiger partial charge in [0.05, 0.1) is 46.2 Å². The molecular weight excluding hydrogens is 680 g/mol. The topological polar surface area (TPSA) is 220 Å². The Morgan fingerprint density at radius 1 is 0.878 bits per heavy atom. The number of anilines is 2. The van der Waals surface area contributed by atoms with Gasteiger partial charge in [-0.15, -0.1) is 0 Å². The Morgan fingerprint density at radius 3 is 2.02 bits per heavy atom. The fourth-order valence-electron chi connectivity index (χ4n) is 5.73. The first kappa shape index (κ1) is 35.1. The highest BCUT2D eigenvalue weighted by Gasteiger charge is 2.35. The number of aromatic nitrogens is 1. The van der Waals surface area contributed by atoms with Crippen molar-refractivity contribution in [3.63, 3.8) is 0 Å². The molecule has 0 spiro atoms. The van der Waals surface area contributed by atoms with Crippen molar-refractivity contribution in [3.05, 3.63) is 81.6 Å². The molecule has 4 aromatic rings. The average molecular weight is 711 g/mol. The van der Waals surface area contributed by atoms with Crippen LogP contribution < -0.4 is 10.9 Å². The summed E-state index contributed by atoms with van der Waals surface area (Å²) in [6.07, 6.45) is -0.394. The van der Waals surface area contributed by atoms with Gasteiger partial charge in [-0.2, -0.15) is 8.42 Å². The van der Waals surface area contributed by atoms with E-state index in [0.717, 1.165) is 13.0 Å². The number of ketones is 2. The number of nitrogens with one attached hydrogen (secondary N) is 2. The lowest BCUT2D eigenvalue weighted by atomic mass is 9.80. The number of esters is 2. The highest BCUT2D eigenvalue weighted by molar-refractivity contribution is 7.91. The van der Waals surface area contributed by atoms with Crippen LogP contribution >= 0.6 is 0 Å². The predicted octanol–water partition coefficient (Wildman–Crippen LogP) is 3.84. The maximum absolute atomic E-state index is 13.9. The molecule has 0 atom stereocenters. The van der Waals surface area contributed by atoms with E-state index < -0.39 is 72.0 Å². The van der Waals surface area contributed by atoms with Gasteiger partial charge in [0.1, 0.15) is 4.90 Å². The summed E-state index contributed by atoms with van der Waals surface area (Å²) in [5.74, 6) is -5.06. The molecule has 14 nitrogen and oxygen atoms in total. The highest BCUT2D eigenvalue weighted by atomic mass is 32.2. The Morgan fingerprint density at radius 2 is 1.47 bits per heavy atom.